The number of fused-ring (bicyclic) bond motifs is 1. The first-order valence-electron chi connectivity index (χ1n) is 10.5. The first-order valence-corrected chi connectivity index (χ1v) is 11.3. The number of para-hydroxylation sites is 1. The maximum absolute atomic E-state index is 13.2. The molecular weight excluding hydrogens is 410 g/mol. The van der Waals surface area contributed by atoms with Gasteiger partial charge in [-0.15, -0.1) is 0 Å². The molecule has 0 N–H and O–H groups in total. The minimum atomic E-state index is -0.391. The Balaban J connectivity index is 1.91. The van der Waals surface area contributed by atoms with Gasteiger partial charge in [0.15, 0.2) is 5.16 Å². The van der Waals surface area contributed by atoms with Gasteiger partial charge in [0.05, 0.1) is 28.8 Å². The van der Waals surface area contributed by atoms with Crippen LogP contribution in [0.15, 0.2) is 64.5 Å². The van der Waals surface area contributed by atoms with E-state index in [2.05, 4.69) is 0 Å². The Morgan fingerprint density at radius 1 is 1.13 bits per heavy atom. The number of ether oxygens (including phenoxy) is 1. The number of thioether (sulfide) groups is 1. The third-order valence-electron chi connectivity index (χ3n) is 5.16. The number of hydrogen-bond donors (Lipinski definition) is 0. The lowest BCUT2D eigenvalue weighted by atomic mass is 10.2. The molecule has 7 heteroatoms. The standard InChI is InChI=1S/C24H29N3O3S/c1-5-26(15-19-11-7-6-8-12-19)22(28)18(3)31-24-25-21-14-10-9-13-20(21)23(29)27(24)17(2)16-30-4/h6-14,17-18H,5,15-16H2,1-4H3. The van der Waals surface area contributed by atoms with Crippen LogP contribution in [-0.2, 0) is 16.1 Å². The number of methoxy groups -OCH3 is 1. The van der Waals surface area contributed by atoms with E-state index < -0.39 is 5.25 Å². The number of carbonyl (C=O) groups is 1. The van der Waals surface area contributed by atoms with Crippen LogP contribution in [0.4, 0.5) is 0 Å². The number of nitrogens with zero attached hydrogens (tertiary/aromatic N) is 3. The first kappa shape index (κ1) is 23.0. The second-order valence-electron chi connectivity index (χ2n) is 7.49. The largest absolute Gasteiger partial charge is 0.383 e. The summed E-state index contributed by atoms with van der Waals surface area (Å²) in [5.74, 6) is 0.0182. The zero-order chi connectivity index (χ0) is 22.4. The Morgan fingerprint density at radius 2 is 1.81 bits per heavy atom. The quantitative estimate of drug-likeness (QED) is 0.370. The fourth-order valence-corrected chi connectivity index (χ4v) is 4.62. The molecule has 0 aliphatic rings. The number of amides is 1. The summed E-state index contributed by atoms with van der Waals surface area (Å²) in [5.41, 5.74) is 1.60. The van der Waals surface area contributed by atoms with Gasteiger partial charge in [0.25, 0.3) is 5.56 Å². The van der Waals surface area contributed by atoms with E-state index in [4.69, 9.17) is 9.72 Å². The first-order chi connectivity index (χ1) is 15.0. The fourth-order valence-electron chi connectivity index (χ4n) is 3.53. The Morgan fingerprint density at radius 3 is 2.48 bits per heavy atom. The Bertz CT molecular complexity index is 1080. The highest BCUT2D eigenvalue weighted by molar-refractivity contribution is 8.00. The predicted octanol–water partition coefficient (Wildman–Crippen LogP) is 4.13. The summed E-state index contributed by atoms with van der Waals surface area (Å²) in [6, 6.07) is 17.0. The van der Waals surface area contributed by atoms with E-state index in [1.807, 2.05) is 74.2 Å². The molecule has 0 spiro atoms. The maximum atomic E-state index is 13.2. The van der Waals surface area contributed by atoms with Crippen molar-refractivity contribution >= 4 is 28.6 Å². The molecule has 1 amide bonds. The van der Waals surface area contributed by atoms with Crippen molar-refractivity contribution in [1.29, 1.82) is 0 Å². The molecule has 3 rings (SSSR count). The van der Waals surface area contributed by atoms with E-state index >= 15 is 0 Å². The fraction of sp³-hybridized carbons (Fsp3) is 0.375. The van der Waals surface area contributed by atoms with Crippen molar-refractivity contribution in [2.45, 2.75) is 43.8 Å². The van der Waals surface area contributed by atoms with Crippen molar-refractivity contribution in [2.75, 3.05) is 20.3 Å². The van der Waals surface area contributed by atoms with E-state index in [9.17, 15) is 9.59 Å². The molecule has 1 heterocycles. The van der Waals surface area contributed by atoms with Gasteiger partial charge < -0.3 is 9.64 Å². The Hall–Kier alpha value is -2.64. The number of benzene rings is 2. The molecule has 2 atom stereocenters. The second-order valence-corrected chi connectivity index (χ2v) is 8.80. The molecule has 0 aliphatic carbocycles. The van der Waals surface area contributed by atoms with Gasteiger partial charge in [-0.25, -0.2) is 4.98 Å². The van der Waals surface area contributed by atoms with E-state index in [0.29, 0.717) is 35.8 Å². The number of carbonyl (C=O) groups excluding carboxylic acids is 1. The van der Waals surface area contributed by atoms with Crippen molar-refractivity contribution in [3.63, 3.8) is 0 Å². The van der Waals surface area contributed by atoms with Crippen LogP contribution in [0.3, 0.4) is 0 Å². The van der Waals surface area contributed by atoms with Gasteiger partial charge in [-0.2, -0.15) is 0 Å². The summed E-state index contributed by atoms with van der Waals surface area (Å²) in [6.45, 7) is 7.31. The molecule has 3 aromatic rings. The summed E-state index contributed by atoms with van der Waals surface area (Å²) < 4.78 is 6.93. The lowest BCUT2D eigenvalue weighted by molar-refractivity contribution is -0.130. The van der Waals surface area contributed by atoms with Gasteiger partial charge in [-0.05, 0) is 38.5 Å². The summed E-state index contributed by atoms with van der Waals surface area (Å²) in [5, 5.41) is 0.704. The normalized spacial score (nSPS) is 13.2. The van der Waals surface area contributed by atoms with Gasteiger partial charge in [0.1, 0.15) is 0 Å². The van der Waals surface area contributed by atoms with Gasteiger partial charge >= 0.3 is 0 Å². The number of aromatic nitrogens is 2. The smallest absolute Gasteiger partial charge is 0.262 e. The lowest BCUT2D eigenvalue weighted by Gasteiger charge is -2.25. The molecule has 0 radical (unpaired) electrons. The van der Waals surface area contributed by atoms with Gasteiger partial charge in [0, 0.05) is 20.2 Å². The van der Waals surface area contributed by atoms with Crippen molar-refractivity contribution in [1.82, 2.24) is 14.5 Å². The van der Waals surface area contributed by atoms with Crippen LogP contribution in [0.5, 0.6) is 0 Å². The van der Waals surface area contributed by atoms with Crippen LogP contribution in [-0.4, -0.2) is 45.9 Å². The highest BCUT2D eigenvalue weighted by atomic mass is 32.2. The topological polar surface area (TPSA) is 64.4 Å². The third-order valence-corrected chi connectivity index (χ3v) is 6.22. The SMILES string of the molecule is CCN(Cc1ccccc1)C(=O)C(C)Sc1nc2ccccc2c(=O)n1C(C)COC. The van der Waals surface area contributed by atoms with Crippen molar-refractivity contribution in [2.24, 2.45) is 0 Å². The van der Waals surface area contributed by atoms with E-state index in [1.165, 1.54) is 11.8 Å². The van der Waals surface area contributed by atoms with Crippen LogP contribution in [0.25, 0.3) is 10.9 Å². The monoisotopic (exact) mass is 439 g/mol. The summed E-state index contributed by atoms with van der Waals surface area (Å²) >= 11 is 1.32. The molecule has 0 aliphatic heterocycles. The summed E-state index contributed by atoms with van der Waals surface area (Å²) in [6.07, 6.45) is 0. The molecule has 2 aromatic carbocycles. The van der Waals surface area contributed by atoms with E-state index in [1.54, 1.807) is 17.7 Å². The molecule has 164 valence electrons. The molecule has 0 saturated heterocycles. The average molecular weight is 440 g/mol. The second kappa shape index (κ2) is 10.6. The molecule has 31 heavy (non-hydrogen) atoms. The zero-order valence-corrected chi connectivity index (χ0v) is 19.3. The molecule has 2 unspecified atom stereocenters. The molecule has 1 aromatic heterocycles. The molecule has 0 fully saturated rings. The molecule has 6 nitrogen and oxygen atoms in total. The van der Waals surface area contributed by atoms with Crippen LogP contribution in [0, 0.1) is 0 Å². The van der Waals surface area contributed by atoms with E-state index in [-0.39, 0.29) is 17.5 Å². The number of hydrogen-bond acceptors (Lipinski definition) is 5. The summed E-state index contributed by atoms with van der Waals surface area (Å²) in [7, 11) is 1.61. The minimum absolute atomic E-state index is 0.0182. The highest BCUT2D eigenvalue weighted by Gasteiger charge is 2.25. The highest BCUT2D eigenvalue weighted by Crippen LogP contribution is 2.26. The van der Waals surface area contributed by atoms with Crippen LogP contribution in [0.2, 0.25) is 0 Å². The van der Waals surface area contributed by atoms with Gasteiger partial charge in [0.2, 0.25) is 5.91 Å². The lowest BCUT2D eigenvalue weighted by Crippen LogP contribution is -2.36. The predicted molar refractivity (Wildman–Crippen MR) is 125 cm³/mol. The van der Waals surface area contributed by atoms with Crippen LogP contribution in [0.1, 0.15) is 32.4 Å². The van der Waals surface area contributed by atoms with Gasteiger partial charge in [-0.3, -0.25) is 14.2 Å². The molecule has 0 saturated carbocycles. The Kier molecular flexibility index (Phi) is 7.87. The molecule has 0 bridgehead atoms. The maximum Gasteiger partial charge on any atom is 0.262 e. The van der Waals surface area contributed by atoms with Crippen LogP contribution >= 0.6 is 11.8 Å². The minimum Gasteiger partial charge on any atom is -0.383 e. The average Bonchev–Trinajstić information content (AvgIpc) is 2.78. The Labute approximate surface area is 187 Å². The molecular formula is C24H29N3O3S. The third kappa shape index (κ3) is 5.35. The van der Waals surface area contributed by atoms with Crippen molar-refractivity contribution in [3.05, 3.63) is 70.5 Å². The summed E-state index contributed by atoms with van der Waals surface area (Å²) in [4.78, 5) is 33.0. The van der Waals surface area contributed by atoms with Crippen molar-refractivity contribution < 1.29 is 9.53 Å². The van der Waals surface area contributed by atoms with Gasteiger partial charge in [-0.1, -0.05) is 54.2 Å². The van der Waals surface area contributed by atoms with Crippen molar-refractivity contribution in [3.8, 4) is 0 Å². The zero-order valence-electron chi connectivity index (χ0n) is 18.4. The van der Waals surface area contributed by atoms with Crippen LogP contribution < -0.4 is 5.56 Å². The van der Waals surface area contributed by atoms with E-state index in [0.717, 1.165) is 5.56 Å². The number of rotatable bonds is 9.